The molecule has 2 N–H and O–H groups in total. The number of rotatable bonds is 7. The minimum atomic E-state index is -0.174. The number of hydrogen-bond acceptors (Lipinski definition) is 1. The zero-order valence-corrected chi connectivity index (χ0v) is 11.9. The average molecular weight is 251 g/mol. The summed E-state index contributed by atoms with van der Waals surface area (Å²) in [6.45, 7) is 6.29. The van der Waals surface area contributed by atoms with Crippen molar-refractivity contribution >= 4 is 0 Å². The van der Waals surface area contributed by atoms with Gasteiger partial charge in [0.25, 0.3) is 0 Å². The molecule has 1 rings (SSSR count). The molecule has 1 aromatic rings. The SMILES string of the molecule is CCCCC(CC)CC(N)c1ccc(C)cc1F. The Hall–Kier alpha value is -0.890. The summed E-state index contributed by atoms with van der Waals surface area (Å²) in [6, 6.07) is 5.17. The van der Waals surface area contributed by atoms with Gasteiger partial charge in [-0.2, -0.15) is 0 Å². The fourth-order valence-corrected chi connectivity index (χ4v) is 2.40. The van der Waals surface area contributed by atoms with Gasteiger partial charge >= 0.3 is 0 Å². The van der Waals surface area contributed by atoms with Crippen molar-refractivity contribution in [2.75, 3.05) is 0 Å². The quantitative estimate of drug-likeness (QED) is 0.744. The molecule has 0 fully saturated rings. The number of aryl methyl sites for hydroxylation is 1. The second-order valence-corrected chi connectivity index (χ2v) is 5.28. The van der Waals surface area contributed by atoms with Crippen LogP contribution in [0.25, 0.3) is 0 Å². The lowest BCUT2D eigenvalue weighted by atomic mass is 9.89. The number of halogens is 1. The lowest BCUT2D eigenvalue weighted by Gasteiger charge is -2.20. The van der Waals surface area contributed by atoms with Gasteiger partial charge in [-0.3, -0.25) is 0 Å². The lowest BCUT2D eigenvalue weighted by molar-refractivity contribution is 0.383. The van der Waals surface area contributed by atoms with Crippen LogP contribution in [0.3, 0.4) is 0 Å². The van der Waals surface area contributed by atoms with Crippen LogP contribution in [0.1, 0.15) is 63.1 Å². The molecule has 0 bridgehead atoms. The van der Waals surface area contributed by atoms with E-state index in [1.807, 2.05) is 19.1 Å². The Balaban J connectivity index is 2.65. The Labute approximate surface area is 111 Å². The van der Waals surface area contributed by atoms with Gasteiger partial charge in [0.1, 0.15) is 5.82 Å². The van der Waals surface area contributed by atoms with Crippen molar-refractivity contribution in [3.8, 4) is 0 Å². The van der Waals surface area contributed by atoms with Crippen LogP contribution >= 0.6 is 0 Å². The van der Waals surface area contributed by atoms with Crippen LogP contribution in [0.2, 0.25) is 0 Å². The van der Waals surface area contributed by atoms with E-state index in [1.54, 1.807) is 6.07 Å². The van der Waals surface area contributed by atoms with Crippen LogP contribution in [-0.2, 0) is 0 Å². The van der Waals surface area contributed by atoms with Crippen molar-refractivity contribution in [1.29, 1.82) is 0 Å². The Morgan fingerprint density at radius 3 is 2.56 bits per heavy atom. The highest BCUT2D eigenvalue weighted by atomic mass is 19.1. The Morgan fingerprint density at radius 2 is 2.00 bits per heavy atom. The maximum atomic E-state index is 13.8. The molecule has 18 heavy (non-hydrogen) atoms. The third-order valence-corrected chi connectivity index (χ3v) is 3.69. The smallest absolute Gasteiger partial charge is 0.128 e. The predicted octanol–water partition coefficient (Wildman–Crippen LogP) is 4.74. The topological polar surface area (TPSA) is 26.0 Å². The van der Waals surface area contributed by atoms with Crippen molar-refractivity contribution in [3.63, 3.8) is 0 Å². The van der Waals surface area contributed by atoms with Gasteiger partial charge < -0.3 is 5.73 Å². The van der Waals surface area contributed by atoms with Gasteiger partial charge in [0, 0.05) is 11.6 Å². The van der Waals surface area contributed by atoms with Crippen molar-refractivity contribution in [3.05, 3.63) is 35.1 Å². The van der Waals surface area contributed by atoms with E-state index in [0.717, 1.165) is 18.4 Å². The molecule has 1 nitrogen and oxygen atoms in total. The molecule has 0 radical (unpaired) electrons. The van der Waals surface area contributed by atoms with Gasteiger partial charge in [-0.05, 0) is 30.9 Å². The third-order valence-electron chi connectivity index (χ3n) is 3.69. The van der Waals surface area contributed by atoms with E-state index >= 15 is 0 Å². The van der Waals surface area contributed by atoms with Crippen molar-refractivity contribution in [1.82, 2.24) is 0 Å². The summed E-state index contributed by atoms with van der Waals surface area (Å²) in [6.07, 6.45) is 5.66. The summed E-state index contributed by atoms with van der Waals surface area (Å²) in [7, 11) is 0. The predicted molar refractivity (Wildman–Crippen MR) is 76.0 cm³/mol. The summed E-state index contributed by atoms with van der Waals surface area (Å²) in [5.74, 6) is 0.452. The first-order valence-electron chi connectivity index (χ1n) is 7.10. The number of benzene rings is 1. The molecule has 1 aromatic carbocycles. The minimum absolute atomic E-state index is 0.159. The summed E-state index contributed by atoms with van der Waals surface area (Å²) in [5, 5.41) is 0. The molecule has 0 aliphatic heterocycles. The molecule has 0 aromatic heterocycles. The molecule has 0 heterocycles. The number of hydrogen-bond donors (Lipinski definition) is 1. The molecule has 0 aliphatic rings. The van der Waals surface area contributed by atoms with Gasteiger partial charge in [0.15, 0.2) is 0 Å². The van der Waals surface area contributed by atoms with Gasteiger partial charge in [-0.1, -0.05) is 51.7 Å². The summed E-state index contributed by atoms with van der Waals surface area (Å²) >= 11 is 0. The van der Waals surface area contributed by atoms with Gasteiger partial charge in [0.05, 0.1) is 0 Å². The molecular formula is C16H26FN. The van der Waals surface area contributed by atoms with Crippen molar-refractivity contribution in [2.24, 2.45) is 11.7 Å². The van der Waals surface area contributed by atoms with Crippen LogP contribution in [0.5, 0.6) is 0 Å². The normalized spacial score (nSPS) is 14.5. The van der Waals surface area contributed by atoms with Crippen LogP contribution in [0, 0.1) is 18.7 Å². The Bertz CT molecular complexity index is 362. The first-order chi connectivity index (χ1) is 8.58. The number of nitrogens with two attached hydrogens (primary N) is 1. The standard InChI is InChI=1S/C16H26FN/c1-4-6-7-13(5-2)11-16(18)14-9-8-12(3)10-15(14)17/h8-10,13,16H,4-7,11,18H2,1-3H3. The molecule has 2 unspecified atom stereocenters. The molecule has 0 saturated heterocycles. The Morgan fingerprint density at radius 1 is 1.28 bits per heavy atom. The molecule has 2 atom stereocenters. The number of unbranched alkanes of at least 4 members (excludes halogenated alkanes) is 1. The minimum Gasteiger partial charge on any atom is -0.324 e. The zero-order chi connectivity index (χ0) is 13.5. The largest absolute Gasteiger partial charge is 0.324 e. The lowest BCUT2D eigenvalue weighted by Crippen LogP contribution is -2.16. The van der Waals surface area contributed by atoms with E-state index in [4.69, 9.17) is 5.73 Å². The molecule has 102 valence electrons. The highest BCUT2D eigenvalue weighted by Gasteiger charge is 2.16. The fourth-order valence-electron chi connectivity index (χ4n) is 2.40. The average Bonchev–Trinajstić information content (AvgIpc) is 2.34. The monoisotopic (exact) mass is 251 g/mol. The zero-order valence-electron chi connectivity index (χ0n) is 11.9. The van der Waals surface area contributed by atoms with E-state index in [9.17, 15) is 4.39 Å². The van der Waals surface area contributed by atoms with E-state index < -0.39 is 0 Å². The van der Waals surface area contributed by atoms with Crippen LogP contribution in [0.4, 0.5) is 4.39 Å². The van der Waals surface area contributed by atoms with Crippen molar-refractivity contribution < 1.29 is 4.39 Å². The highest BCUT2D eigenvalue weighted by Crippen LogP contribution is 2.26. The third kappa shape index (κ3) is 4.41. The Kier molecular flexibility index (Phi) is 6.34. The first-order valence-corrected chi connectivity index (χ1v) is 7.10. The molecule has 0 amide bonds. The van der Waals surface area contributed by atoms with Gasteiger partial charge in [0.2, 0.25) is 0 Å². The maximum Gasteiger partial charge on any atom is 0.128 e. The molecule has 0 spiro atoms. The second-order valence-electron chi connectivity index (χ2n) is 5.28. The second kappa shape index (κ2) is 7.52. The van der Waals surface area contributed by atoms with Crippen LogP contribution in [0.15, 0.2) is 18.2 Å². The maximum absolute atomic E-state index is 13.8. The van der Waals surface area contributed by atoms with E-state index in [-0.39, 0.29) is 11.9 Å². The van der Waals surface area contributed by atoms with Gasteiger partial charge in [-0.15, -0.1) is 0 Å². The summed E-state index contributed by atoms with van der Waals surface area (Å²) in [5.41, 5.74) is 7.76. The van der Waals surface area contributed by atoms with E-state index in [1.165, 1.54) is 19.3 Å². The first kappa shape index (κ1) is 15.2. The van der Waals surface area contributed by atoms with Crippen LogP contribution in [-0.4, -0.2) is 0 Å². The molecule has 0 aliphatic carbocycles. The molecule has 2 heteroatoms. The highest BCUT2D eigenvalue weighted by molar-refractivity contribution is 5.25. The van der Waals surface area contributed by atoms with E-state index in [0.29, 0.717) is 11.5 Å². The molecular weight excluding hydrogens is 225 g/mol. The summed E-state index contributed by atoms with van der Waals surface area (Å²) in [4.78, 5) is 0. The fraction of sp³-hybridized carbons (Fsp3) is 0.625. The summed E-state index contributed by atoms with van der Waals surface area (Å²) < 4.78 is 13.8. The van der Waals surface area contributed by atoms with Crippen molar-refractivity contribution in [2.45, 2.75) is 58.9 Å². The van der Waals surface area contributed by atoms with E-state index in [2.05, 4.69) is 13.8 Å². The van der Waals surface area contributed by atoms with Gasteiger partial charge in [-0.25, -0.2) is 4.39 Å². The molecule has 0 saturated carbocycles. The van der Waals surface area contributed by atoms with Crippen LogP contribution < -0.4 is 5.73 Å².